The van der Waals surface area contributed by atoms with Crippen molar-refractivity contribution in [3.05, 3.63) is 33.9 Å². The van der Waals surface area contributed by atoms with Gasteiger partial charge in [0.1, 0.15) is 0 Å². The summed E-state index contributed by atoms with van der Waals surface area (Å²) in [6.07, 6.45) is 2.93. The molecule has 0 atom stereocenters. The van der Waals surface area contributed by atoms with Crippen molar-refractivity contribution in [3.63, 3.8) is 0 Å². The molecule has 1 aliphatic heterocycles. The van der Waals surface area contributed by atoms with Crippen molar-refractivity contribution < 1.29 is 9.72 Å². The summed E-state index contributed by atoms with van der Waals surface area (Å²) < 4.78 is 0. The molecular weight excluding hydrogens is 270 g/mol. The fraction of sp³-hybridized carbons (Fsp3) is 0.533. The normalized spacial score (nSPS) is 18.1. The number of amides is 1. The van der Waals surface area contributed by atoms with E-state index in [0.717, 1.165) is 19.3 Å². The number of benzene rings is 1. The van der Waals surface area contributed by atoms with E-state index in [1.54, 1.807) is 4.90 Å². The Labute approximate surface area is 124 Å². The van der Waals surface area contributed by atoms with Crippen molar-refractivity contribution in [3.8, 4) is 0 Å². The van der Waals surface area contributed by atoms with E-state index in [9.17, 15) is 14.9 Å². The second-order valence-corrected chi connectivity index (χ2v) is 6.34. The Kier molecular flexibility index (Phi) is 4.16. The highest BCUT2D eigenvalue weighted by Gasteiger charge is 2.27. The van der Waals surface area contributed by atoms with E-state index >= 15 is 0 Å². The van der Waals surface area contributed by atoms with Gasteiger partial charge in [0, 0.05) is 30.9 Å². The molecule has 114 valence electrons. The molecule has 0 saturated carbocycles. The minimum Gasteiger partial charge on any atom is -0.398 e. The number of hydrogen-bond donors (Lipinski definition) is 1. The van der Waals surface area contributed by atoms with Crippen LogP contribution < -0.4 is 5.73 Å². The fourth-order valence-corrected chi connectivity index (χ4v) is 2.64. The van der Waals surface area contributed by atoms with Gasteiger partial charge in [0.05, 0.1) is 10.5 Å². The van der Waals surface area contributed by atoms with E-state index in [-0.39, 0.29) is 28.3 Å². The van der Waals surface area contributed by atoms with Crippen LogP contribution in [0.15, 0.2) is 18.2 Å². The van der Waals surface area contributed by atoms with Crippen LogP contribution >= 0.6 is 0 Å². The third-order valence-electron chi connectivity index (χ3n) is 4.11. The molecular formula is C15H21N3O3. The van der Waals surface area contributed by atoms with Gasteiger partial charge in [0.25, 0.3) is 11.6 Å². The van der Waals surface area contributed by atoms with Crippen molar-refractivity contribution in [1.82, 2.24) is 4.90 Å². The average molecular weight is 291 g/mol. The van der Waals surface area contributed by atoms with Crippen molar-refractivity contribution in [1.29, 1.82) is 0 Å². The number of anilines is 1. The molecule has 1 heterocycles. The molecule has 1 fully saturated rings. The number of nitrogens with zero attached hydrogens (tertiary/aromatic N) is 2. The molecule has 6 nitrogen and oxygen atoms in total. The Morgan fingerprint density at radius 1 is 1.33 bits per heavy atom. The van der Waals surface area contributed by atoms with Crippen LogP contribution in [0.2, 0.25) is 0 Å². The molecule has 21 heavy (non-hydrogen) atoms. The number of carbonyl (C=O) groups excluding carboxylic acids is 1. The summed E-state index contributed by atoms with van der Waals surface area (Å²) >= 11 is 0. The summed E-state index contributed by atoms with van der Waals surface area (Å²) in [5.41, 5.74) is 6.45. The molecule has 2 N–H and O–H groups in total. The Bertz CT molecular complexity index is 569. The Morgan fingerprint density at radius 2 is 2.05 bits per heavy atom. The van der Waals surface area contributed by atoms with Crippen LogP contribution in [0.1, 0.15) is 43.5 Å². The molecule has 1 saturated heterocycles. The topological polar surface area (TPSA) is 89.5 Å². The molecule has 2 rings (SSSR count). The minimum absolute atomic E-state index is 0.109. The van der Waals surface area contributed by atoms with Gasteiger partial charge in [-0.3, -0.25) is 14.9 Å². The third kappa shape index (κ3) is 3.51. The molecule has 1 aliphatic rings. The predicted molar refractivity (Wildman–Crippen MR) is 81.0 cm³/mol. The van der Waals surface area contributed by atoms with Gasteiger partial charge in [0.15, 0.2) is 0 Å². The van der Waals surface area contributed by atoms with Gasteiger partial charge < -0.3 is 10.6 Å². The summed E-state index contributed by atoms with van der Waals surface area (Å²) in [6.45, 7) is 5.73. The lowest BCUT2D eigenvalue weighted by molar-refractivity contribution is -0.384. The molecule has 6 heteroatoms. The average Bonchev–Trinajstić information content (AvgIpc) is 2.59. The highest BCUT2D eigenvalue weighted by Crippen LogP contribution is 2.31. The largest absolute Gasteiger partial charge is 0.398 e. The number of rotatable bonds is 2. The highest BCUT2D eigenvalue weighted by atomic mass is 16.6. The summed E-state index contributed by atoms with van der Waals surface area (Å²) in [4.78, 5) is 24.7. The maximum atomic E-state index is 12.6. The molecule has 0 radical (unpaired) electrons. The number of nitro groups is 1. The molecule has 0 unspecified atom stereocenters. The van der Waals surface area contributed by atoms with Gasteiger partial charge in [-0.2, -0.15) is 0 Å². The van der Waals surface area contributed by atoms with Gasteiger partial charge >= 0.3 is 0 Å². The Hall–Kier alpha value is -2.11. The smallest absolute Gasteiger partial charge is 0.270 e. The van der Waals surface area contributed by atoms with E-state index in [2.05, 4.69) is 13.8 Å². The van der Waals surface area contributed by atoms with Crippen LogP contribution in [-0.2, 0) is 0 Å². The summed E-state index contributed by atoms with van der Waals surface area (Å²) in [7, 11) is 0. The molecule has 0 bridgehead atoms. The van der Waals surface area contributed by atoms with Crippen LogP contribution in [-0.4, -0.2) is 28.8 Å². The summed E-state index contributed by atoms with van der Waals surface area (Å²) in [5, 5.41) is 10.8. The lowest BCUT2D eigenvalue weighted by atomic mass is 9.85. The Morgan fingerprint density at radius 3 is 2.71 bits per heavy atom. The summed E-state index contributed by atoms with van der Waals surface area (Å²) in [5.74, 6) is -0.214. The monoisotopic (exact) mass is 291 g/mol. The van der Waals surface area contributed by atoms with Crippen LogP contribution in [0.25, 0.3) is 0 Å². The van der Waals surface area contributed by atoms with Crippen LogP contribution in [0.4, 0.5) is 11.4 Å². The van der Waals surface area contributed by atoms with E-state index in [0.29, 0.717) is 13.1 Å². The highest BCUT2D eigenvalue weighted by molar-refractivity contribution is 5.99. The first-order chi connectivity index (χ1) is 9.80. The van der Waals surface area contributed by atoms with Crippen molar-refractivity contribution in [2.24, 2.45) is 5.41 Å². The van der Waals surface area contributed by atoms with Gasteiger partial charge in [-0.15, -0.1) is 0 Å². The maximum Gasteiger partial charge on any atom is 0.270 e. The van der Waals surface area contributed by atoms with Gasteiger partial charge in [-0.05, 0) is 30.7 Å². The zero-order valence-electron chi connectivity index (χ0n) is 12.5. The standard InChI is InChI=1S/C15H21N3O3/c1-15(2)6-3-8-17(9-7-15)14(19)12-10-11(18(20)21)4-5-13(12)16/h4-5,10H,3,6-9,16H2,1-2H3. The summed E-state index contributed by atoms with van der Waals surface area (Å²) in [6, 6.07) is 4.01. The number of nitrogen functional groups attached to an aromatic ring is 1. The first-order valence-electron chi connectivity index (χ1n) is 7.13. The van der Waals surface area contributed by atoms with E-state index in [1.807, 2.05) is 0 Å². The second-order valence-electron chi connectivity index (χ2n) is 6.34. The molecule has 1 amide bonds. The van der Waals surface area contributed by atoms with Crippen LogP contribution in [0.3, 0.4) is 0 Å². The molecule has 0 spiro atoms. The zero-order valence-corrected chi connectivity index (χ0v) is 12.5. The number of nitro benzene ring substituents is 1. The first-order valence-corrected chi connectivity index (χ1v) is 7.13. The van der Waals surface area contributed by atoms with Crippen LogP contribution in [0.5, 0.6) is 0 Å². The predicted octanol–water partition coefficient (Wildman–Crippen LogP) is 2.83. The number of non-ortho nitro benzene ring substituents is 1. The van der Waals surface area contributed by atoms with Gasteiger partial charge in [-0.1, -0.05) is 13.8 Å². The van der Waals surface area contributed by atoms with Crippen molar-refractivity contribution in [2.45, 2.75) is 33.1 Å². The number of carbonyl (C=O) groups is 1. The van der Waals surface area contributed by atoms with Gasteiger partial charge in [-0.25, -0.2) is 0 Å². The first kappa shape index (κ1) is 15.3. The SMILES string of the molecule is CC1(C)CCCN(C(=O)c2cc([N+](=O)[O-])ccc2N)CC1. The Balaban J connectivity index is 2.23. The number of hydrogen-bond acceptors (Lipinski definition) is 4. The molecule has 1 aromatic rings. The van der Waals surface area contributed by atoms with E-state index in [4.69, 9.17) is 5.73 Å². The fourth-order valence-electron chi connectivity index (χ4n) is 2.64. The van der Waals surface area contributed by atoms with Crippen molar-refractivity contribution in [2.75, 3.05) is 18.8 Å². The number of nitrogens with two attached hydrogens (primary N) is 1. The van der Waals surface area contributed by atoms with Gasteiger partial charge in [0.2, 0.25) is 0 Å². The molecule has 0 aliphatic carbocycles. The third-order valence-corrected chi connectivity index (χ3v) is 4.11. The second kappa shape index (κ2) is 5.71. The lowest BCUT2D eigenvalue weighted by Crippen LogP contribution is -2.33. The lowest BCUT2D eigenvalue weighted by Gasteiger charge is -2.23. The maximum absolute atomic E-state index is 12.6. The number of likely N-dealkylation sites (tertiary alicyclic amines) is 1. The molecule has 1 aromatic carbocycles. The van der Waals surface area contributed by atoms with Crippen molar-refractivity contribution >= 4 is 17.3 Å². The zero-order chi connectivity index (χ0) is 15.6. The van der Waals surface area contributed by atoms with E-state index in [1.165, 1.54) is 18.2 Å². The minimum atomic E-state index is -0.512. The van der Waals surface area contributed by atoms with E-state index < -0.39 is 4.92 Å². The quantitative estimate of drug-likeness (QED) is 0.515. The molecule has 0 aromatic heterocycles. The van der Waals surface area contributed by atoms with Crippen LogP contribution in [0, 0.1) is 15.5 Å².